The summed E-state index contributed by atoms with van der Waals surface area (Å²) in [5.74, 6) is -1.15. The average Bonchev–Trinajstić information content (AvgIpc) is 2.36. The zero-order valence-corrected chi connectivity index (χ0v) is 13.4. The van der Waals surface area contributed by atoms with Gasteiger partial charge in [-0.05, 0) is 34.1 Å². The standard InChI is InChI=1S/C12H5BrCl3FN2O/c13-5-1-7(11(16)18-4-5)12(20)19-10-8(14)2-6(17)3-9(10)15/h1-4H,(H,19,20). The molecule has 1 aromatic carbocycles. The Morgan fingerprint density at radius 1 is 1.20 bits per heavy atom. The molecule has 1 aromatic heterocycles. The molecule has 0 aliphatic heterocycles. The van der Waals surface area contributed by atoms with Crippen LogP contribution in [0.3, 0.4) is 0 Å². The van der Waals surface area contributed by atoms with Gasteiger partial charge in [-0.2, -0.15) is 0 Å². The predicted octanol–water partition coefficient (Wildman–Crippen LogP) is 5.20. The predicted molar refractivity (Wildman–Crippen MR) is 81.3 cm³/mol. The fraction of sp³-hybridized carbons (Fsp3) is 0. The van der Waals surface area contributed by atoms with E-state index in [2.05, 4.69) is 26.2 Å². The van der Waals surface area contributed by atoms with E-state index in [0.717, 1.165) is 12.1 Å². The number of hydrogen-bond donors (Lipinski definition) is 1. The highest BCUT2D eigenvalue weighted by molar-refractivity contribution is 9.10. The Bertz CT molecular complexity index is 673. The van der Waals surface area contributed by atoms with Gasteiger partial charge >= 0.3 is 0 Å². The summed E-state index contributed by atoms with van der Waals surface area (Å²) in [5, 5.41) is 2.48. The van der Waals surface area contributed by atoms with Gasteiger partial charge in [0.1, 0.15) is 11.0 Å². The molecular weight excluding hydrogens is 393 g/mol. The molecule has 0 spiro atoms. The average molecular weight is 398 g/mol. The number of pyridine rings is 1. The second-order valence-corrected chi connectivity index (χ2v) is 5.78. The zero-order valence-electron chi connectivity index (χ0n) is 9.55. The molecule has 2 aromatic rings. The van der Waals surface area contributed by atoms with Crippen molar-refractivity contribution in [3.8, 4) is 0 Å². The van der Waals surface area contributed by atoms with E-state index in [-0.39, 0.29) is 26.4 Å². The summed E-state index contributed by atoms with van der Waals surface area (Å²) in [6.45, 7) is 0. The molecule has 0 atom stereocenters. The SMILES string of the molecule is O=C(Nc1c(Cl)cc(F)cc1Cl)c1cc(Br)cnc1Cl. The second kappa shape index (κ2) is 6.26. The minimum Gasteiger partial charge on any atom is -0.319 e. The topological polar surface area (TPSA) is 42.0 Å². The molecule has 3 nitrogen and oxygen atoms in total. The maximum Gasteiger partial charge on any atom is 0.258 e. The maximum absolute atomic E-state index is 13.1. The minimum absolute atomic E-state index is 0.0116. The first-order valence-corrected chi connectivity index (χ1v) is 7.08. The lowest BCUT2D eigenvalue weighted by Gasteiger charge is -2.10. The van der Waals surface area contributed by atoms with E-state index in [9.17, 15) is 9.18 Å². The smallest absolute Gasteiger partial charge is 0.258 e. The Kier molecular flexibility index (Phi) is 4.86. The first kappa shape index (κ1) is 15.5. The number of nitrogens with one attached hydrogen (secondary N) is 1. The number of amides is 1. The first-order chi connectivity index (χ1) is 9.38. The molecule has 0 saturated heterocycles. The molecule has 2 rings (SSSR count). The van der Waals surface area contributed by atoms with Crippen molar-refractivity contribution in [3.63, 3.8) is 0 Å². The molecule has 20 heavy (non-hydrogen) atoms. The molecule has 0 radical (unpaired) electrons. The number of carbonyl (C=O) groups is 1. The van der Waals surface area contributed by atoms with Crippen LogP contribution in [0, 0.1) is 5.82 Å². The molecule has 1 N–H and O–H groups in total. The summed E-state index contributed by atoms with van der Waals surface area (Å²) >= 11 is 20.7. The largest absolute Gasteiger partial charge is 0.319 e. The van der Waals surface area contributed by atoms with E-state index >= 15 is 0 Å². The van der Waals surface area contributed by atoms with E-state index in [1.807, 2.05) is 0 Å². The Hall–Kier alpha value is -0.880. The van der Waals surface area contributed by atoms with E-state index < -0.39 is 11.7 Å². The van der Waals surface area contributed by atoms with E-state index in [1.54, 1.807) is 0 Å². The number of carbonyl (C=O) groups excluding carboxylic acids is 1. The molecule has 1 amide bonds. The van der Waals surface area contributed by atoms with E-state index in [4.69, 9.17) is 34.8 Å². The van der Waals surface area contributed by atoms with Gasteiger partial charge < -0.3 is 5.32 Å². The van der Waals surface area contributed by atoms with Crippen molar-refractivity contribution in [2.75, 3.05) is 5.32 Å². The van der Waals surface area contributed by atoms with Gasteiger partial charge in [-0.3, -0.25) is 4.79 Å². The van der Waals surface area contributed by atoms with Gasteiger partial charge in [0.05, 0.1) is 21.3 Å². The van der Waals surface area contributed by atoms with Gasteiger partial charge in [0.2, 0.25) is 0 Å². The van der Waals surface area contributed by atoms with Crippen LogP contribution < -0.4 is 5.32 Å². The molecule has 104 valence electrons. The van der Waals surface area contributed by atoms with Crippen molar-refractivity contribution in [3.05, 3.63) is 55.4 Å². The molecule has 8 heteroatoms. The Morgan fingerprint density at radius 2 is 1.80 bits per heavy atom. The fourth-order valence-electron chi connectivity index (χ4n) is 1.42. The summed E-state index contributed by atoms with van der Waals surface area (Å²) in [6.07, 6.45) is 1.46. The monoisotopic (exact) mass is 396 g/mol. The number of aromatic nitrogens is 1. The molecular formula is C12H5BrCl3FN2O. The third kappa shape index (κ3) is 3.41. The second-order valence-electron chi connectivity index (χ2n) is 3.69. The maximum atomic E-state index is 13.1. The Labute approximate surface area is 137 Å². The number of benzene rings is 1. The fourth-order valence-corrected chi connectivity index (χ4v) is 2.50. The van der Waals surface area contributed by atoms with Crippen molar-refractivity contribution in [2.45, 2.75) is 0 Å². The van der Waals surface area contributed by atoms with Crippen LogP contribution in [0.2, 0.25) is 15.2 Å². The number of rotatable bonds is 2. The van der Waals surface area contributed by atoms with E-state index in [0.29, 0.717) is 4.47 Å². The first-order valence-electron chi connectivity index (χ1n) is 5.15. The lowest BCUT2D eigenvalue weighted by atomic mass is 10.2. The van der Waals surface area contributed by atoms with Gasteiger partial charge in [-0.25, -0.2) is 9.37 Å². The van der Waals surface area contributed by atoms with Crippen LogP contribution in [0.1, 0.15) is 10.4 Å². The third-order valence-corrected chi connectivity index (χ3v) is 3.63. The number of halogens is 5. The van der Waals surface area contributed by atoms with E-state index in [1.165, 1.54) is 12.3 Å². The highest BCUT2D eigenvalue weighted by atomic mass is 79.9. The molecule has 0 fully saturated rings. The highest BCUT2D eigenvalue weighted by Gasteiger charge is 2.16. The quantitative estimate of drug-likeness (QED) is 0.707. The van der Waals surface area contributed by atoms with Gasteiger partial charge in [-0.1, -0.05) is 34.8 Å². The summed E-state index contributed by atoms with van der Waals surface area (Å²) in [7, 11) is 0. The van der Waals surface area contributed by atoms with Gasteiger partial charge in [-0.15, -0.1) is 0 Å². The van der Waals surface area contributed by atoms with Crippen molar-refractivity contribution in [1.29, 1.82) is 0 Å². The Balaban J connectivity index is 2.35. The zero-order chi connectivity index (χ0) is 14.9. The van der Waals surface area contributed by atoms with Gasteiger partial charge in [0.15, 0.2) is 0 Å². The molecule has 0 saturated carbocycles. The molecule has 0 bridgehead atoms. The van der Waals surface area contributed by atoms with Crippen molar-refractivity contribution < 1.29 is 9.18 Å². The molecule has 0 aliphatic rings. The number of nitrogens with zero attached hydrogens (tertiary/aromatic N) is 1. The van der Waals surface area contributed by atoms with Crippen molar-refractivity contribution in [2.24, 2.45) is 0 Å². The third-order valence-electron chi connectivity index (χ3n) is 2.30. The van der Waals surface area contributed by atoms with Crippen LogP contribution in [-0.2, 0) is 0 Å². The van der Waals surface area contributed by atoms with Crippen LogP contribution >= 0.6 is 50.7 Å². The summed E-state index contributed by atoms with van der Waals surface area (Å²) in [5.41, 5.74) is 0.244. The van der Waals surface area contributed by atoms with Crippen LogP contribution in [0.25, 0.3) is 0 Å². The van der Waals surface area contributed by atoms with Crippen molar-refractivity contribution in [1.82, 2.24) is 4.98 Å². The van der Waals surface area contributed by atoms with Crippen LogP contribution in [0.15, 0.2) is 28.9 Å². The lowest BCUT2D eigenvalue weighted by molar-refractivity contribution is 0.102. The molecule has 0 aliphatic carbocycles. The molecule has 1 heterocycles. The number of hydrogen-bond acceptors (Lipinski definition) is 2. The van der Waals surface area contributed by atoms with Gasteiger partial charge in [0, 0.05) is 10.7 Å². The summed E-state index contributed by atoms with van der Waals surface area (Å²) in [4.78, 5) is 15.9. The van der Waals surface area contributed by atoms with Crippen LogP contribution in [-0.4, -0.2) is 10.9 Å². The normalized spacial score (nSPS) is 10.4. The van der Waals surface area contributed by atoms with Crippen molar-refractivity contribution >= 4 is 62.3 Å². The minimum atomic E-state index is -0.597. The van der Waals surface area contributed by atoms with Crippen LogP contribution in [0.4, 0.5) is 10.1 Å². The van der Waals surface area contributed by atoms with Crippen LogP contribution in [0.5, 0.6) is 0 Å². The molecule has 0 unspecified atom stereocenters. The highest BCUT2D eigenvalue weighted by Crippen LogP contribution is 2.32. The Morgan fingerprint density at radius 3 is 2.40 bits per heavy atom. The lowest BCUT2D eigenvalue weighted by Crippen LogP contribution is -2.14. The summed E-state index contributed by atoms with van der Waals surface area (Å²) in [6, 6.07) is 3.59. The number of anilines is 1. The summed E-state index contributed by atoms with van der Waals surface area (Å²) < 4.78 is 13.7. The van der Waals surface area contributed by atoms with Gasteiger partial charge in [0.25, 0.3) is 5.91 Å².